The number of benzene rings is 1. The summed E-state index contributed by atoms with van der Waals surface area (Å²) in [5.41, 5.74) is 0.572. The van der Waals surface area contributed by atoms with Crippen molar-refractivity contribution in [2.45, 2.75) is 13.8 Å². The molecule has 0 bridgehead atoms. The number of rotatable bonds is 7. The van der Waals surface area contributed by atoms with E-state index in [-0.39, 0.29) is 0 Å². The molecule has 0 aliphatic rings. The first-order valence-electron chi connectivity index (χ1n) is 6.18. The molecule has 0 spiro atoms. The maximum atomic E-state index is 8.81. The minimum absolute atomic E-state index is 0.572. The van der Waals surface area contributed by atoms with Gasteiger partial charge in [-0.05, 0) is 25.2 Å². The molecular weight excluding hydrogens is 228 g/mol. The Balaban J connectivity index is 2.59. The minimum Gasteiger partial charge on any atom is -0.493 e. The molecular formula is C14H20N2O2. The number of ether oxygens (including phenoxy) is 2. The first-order chi connectivity index (χ1) is 8.74. The van der Waals surface area contributed by atoms with Crippen LogP contribution in [-0.2, 0) is 0 Å². The Kier molecular flexibility index (Phi) is 6.03. The number of hydrogen-bond donors (Lipinski definition) is 0. The van der Waals surface area contributed by atoms with E-state index in [9.17, 15) is 0 Å². The zero-order valence-electron chi connectivity index (χ0n) is 11.3. The fraction of sp³-hybridized carbons (Fsp3) is 0.500. The van der Waals surface area contributed by atoms with Crippen molar-refractivity contribution < 1.29 is 9.47 Å². The molecule has 18 heavy (non-hydrogen) atoms. The van der Waals surface area contributed by atoms with Gasteiger partial charge in [0.15, 0.2) is 11.5 Å². The van der Waals surface area contributed by atoms with Crippen molar-refractivity contribution in [3.8, 4) is 17.6 Å². The first kappa shape index (κ1) is 14.3. The van der Waals surface area contributed by atoms with Gasteiger partial charge in [-0.25, -0.2) is 0 Å². The quantitative estimate of drug-likeness (QED) is 0.742. The van der Waals surface area contributed by atoms with E-state index in [2.05, 4.69) is 24.8 Å². The van der Waals surface area contributed by atoms with E-state index in [1.54, 1.807) is 25.3 Å². The van der Waals surface area contributed by atoms with Gasteiger partial charge in [0.05, 0.1) is 18.7 Å². The average molecular weight is 248 g/mol. The summed E-state index contributed by atoms with van der Waals surface area (Å²) < 4.78 is 10.9. The van der Waals surface area contributed by atoms with E-state index in [0.29, 0.717) is 23.7 Å². The van der Waals surface area contributed by atoms with Crippen LogP contribution < -0.4 is 9.47 Å². The summed E-state index contributed by atoms with van der Waals surface area (Å²) in [6.45, 7) is 7.80. The van der Waals surface area contributed by atoms with Crippen molar-refractivity contribution >= 4 is 0 Å². The number of nitrogens with zero attached hydrogens (tertiary/aromatic N) is 2. The SMILES string of the molecule is CCN(CC)CCOc1ccc(C#N)cc1OC. The second kappa shape index (κ2) is 7.57. The summed E-state index contributed by atoms with van der Waals surface area (Å²) in [5, 5.41) is 8.81. The Morgan fingerprint density at radius 1 is 1.22 bits per heavy atom. The Hall–Kier alpha value is -1.73. The highest BCUT2D eigenvalue weighted by Gasteiger charge is 2.06. The van der Waals surface area contributed by atoms with Gasteiger partial charge in [0.25, 0.3) is 0 Å². The fourth-order valence-corrected chi connectivity index (χ4v) is 1.68. The van der Waals surface area contributed by atoms with E-state index >= 15 is 0 Å². The number of methoxy groups -OCH3 is 1. The molecule has 0 fully saturated rings. The summed E-state index contributed by atoms with van der Waals surface area (Å²) in [5.74, 6) is 1.29. The lowest BCUT2D eigenvalue weighted by atomic mass is 10.2. The van der Waals surface area contributed by atoms with Gasteiger partial charge in [-0.1, -0.05) is 13.8 Å². The summed E-state index contributed by atoms with van der Waals surface area (Å²) in [7, 11) is 1.58. The number of nitriles is 1. The average Bonchev–Trinajstić information content (AvgIpc) is 2.43. The van der Waals surface area contributed by atoms with Crippen LogP contribution in [0, 0.1) is 11.3 Å². The van der Waals surface area contributed by atoms with Crippen LogP contribution in [0.3, 0.4) is 0 Å². The topological polar surface area (TPSA) is 45.5 Å². The molecule has 0 amide bonds. The van der Waals surface area contributed by atoms with Crippen LogP contribution in [-0.4, -0.2) is 38.3 Å². The van der Waals surface area contributed by atoms with E-state index in [0.717, 1.165) is 19.6 Å². The van der Waals surface area contributed by atoms with E-state index in [1.165, 1.54) is 0 Å². The highest BCUT2D eigenvalue weighted by atomic mass is 16.5. The second-order valence-corrected chi connectivity index (χ2v) is 3.85. The summed E-state index contributed by atoms with van der Waals surface area (Å²) in [6.07, 6.45) is 0. The van der Waals surface area contributed by atoms with Gasteiger partial charge in [-0.3, -0.25) is 0 Å². The zero-order chi connectivity index (χ0) is 13.4. The van der Waals surface area contributed by atoms with Crippen LogP contribution >= 0.6 is 0 Å². The van der Waals surface area contributed by atoms with Gasteiger partial charge in [-0.2, -0.15) is 5.26 Å². The summed E-state index contributed by atoms with van der Waals surface area (Å²) >= 11 is 0. The maximum absolute atomic E-state index is 8.81. The molecule has 1 rings (SSSR count). The molecule has 4 nitrogen and oxygen atoms in total. The Morgan fingerprint density at radius 2 is 1.94 bits per heavy atom. The van der Waals surface area contributed by atoms with E-state index in [1.807, 2.05) is 0 Å². The minimum atomic E-state index is 0.572. The Bertz CT molecular complexity index is 409. The van der Waals surface area contributed by atoms with Gasteiger partial charge in [0.1, 0.15) is 6.61 Å². The van der Waals surface area contributed by atoms with Crippen molar-refractivity contribution in [2.75, 3.05) is 33.4 Å². The molecule has 98 valence electrons. The van der Waals surface area contributed by atoms with Crippen molar-refractivity contribution in [3.05, 3.63) is 23.8 Å². The summed E-state index contributed by atoms with van der Waals surface area (Å²) in [6, 6.07) is 7.27. The van der Waals surface area contributed by atoms with E-state index in [4.69, 9.17) is 14.7 Å². The lowest BCUT2D eigenvalue weighted by molar-refractivity contribution is 0.217. The first-order valence-corrected chi connectivity index (χ1v) is 6.18. The lowest BCUT2D eigenvalue weighted by Gasteiger charge is -2.18. The molecule has 0 aromatic heterocycles. The van der Waals surface area contributed by atoms with Gasteiger partial charge in [-0.15, -0.1) is 0 Å². The maximum Gasteiger partial charge on any atom is 0.162 e. The van der Waals surface area contributed by atoms with Crippen molar-refractivity contribution in [2.24, 2.45) is 0 Å². The van der Waals surface area contributed by atoms with Gasteiger partial charge < -0.3 is 14.4 Å². The van der Waals surface area contributed by atoms with Crippen molar-refractivity contribution in [1.29, 1.82) is 5.26 Å². The van der Waals surface area contributed by atoms with Crippen molar-refractivity contribution in [3.63, 3.8) is 0 Å². The third kappa shape index (κ3) is 3.94. The van der Waals surface area contributed by atoms with Crippen LogP contribution in [0.15, 0.2) is 18.2 Å². The molecule has 0 atom stereocenters. The highest BCUT2D eigenvalue weighted by molar-refractivity contribution is 5.46. The van der Waals surface area contributed by atoms with Crippen molar-refractivity contribution in [1.82, 2.24) is 4.90 Å². The molecule has 0 aliphatic heterocycles. The Labute approximate surface area is 109 Å². The van der Waals surface area contributed by atoms with Crippen LogP contribution in [0.1, 0.15) is 19.4 Å². The van der Waals surface area contributed by atoms with E-state index < -0.39 is 0 Å². The number of hydrogen-bond acceptors (Lipinski definition) is 4. The number of likely N-dealkylation sites (N-methyl/N-ethyl adjacent to an activating group) is 1. The Morgan fingerprint density at radius 3 is 2.50 bits per heavy atom. The van der Waals surface area contributed by atoms with Gasteiger partial charge in [0.2, 0.25) is 0 Å². The monoisotopic (exact) mass is 248 g/mol. The molecule has 0 aliphatic carbocycles. The molecule has 0 saturated heterocycles. The van der Waals surface area contributed by atoms with Gasteiger partial charge >= 0.3 is 0 Å². The predicted molar refractivity (Wildman–Crippen MR) is 71.0 cm³/mol. The fourth-order valence-electron chi connectivity index (χ4n) is 1.68. The van der Waals surface area contributed by atoms with Crippen LogP contribution in [0.25, 0.3) is 0 Å². The third-order valence-corrected chi connectivity index (χ3v) is 2.85. The summed E-state index contributed by atoms with van der Waals surface area (Å²) in [4.78, 5) is 2.29. The highest BCUT2D eigenvalue weighted by Crippen LogP contribution is 2.27. The molecule has 0 saturated carbocycles. The normalized spacial score (nSPS) is 10.2. The second-order valence-electron chi connectivity index (χ2n) is 3.85. The van der Waals surface area contributed by atoms with Crippen LogP contribution in [0.2, 0.25) is 0 Å². The largest absolute Gasteiger partial charge is 0.493 e. The van der Waals surface area contributed by atoms with Gasteiger partial charge in [0, 0.05) is 12.6 Å². The predicted octanol–water partition coefficient (Wildman–Crippen LogP) is 2.29. The molecule has 1 aromatic rings. The molecule has 0 radical (unpaired) electrons. The molecule has 0 heterocycles. The van der Waals surface area contributed by atoms with Crippen LogP contribution in [0.5, 0.6) is 11.5 Å². The zero-order valence-corrected chi connectivity index (χ0v) is 11.3. The third-order valence-electron chi connectivity index (χ3n) is 2.85. The van der Waals surface area contributed by atoms with Crippen LogP contribution in [0.4, 0.5) is 0 Å². The molecule has 0 N–H and O–H groups in total. The molecule has 4 heteroatoms. The lowest BCUT2D eigenvalue weighted by Crippen LogP contribution is -2.27. The molecule has 0 unspecified atom stereocenters. The smallest absolute Gasteiger partial charge is 0.162 e. The molecule has 1 aromatic carbocycles. The standard InChI is InChI=1S/C14H20N2O2/c1-4-16(5-2)8-9-18-13-7-6-12(11-15)10-14(13)17-3/h6-7,10H,4-5,8-9H2,1-3H3.